The quantitative estimate of drug-likeness (QED) is 0.752. The van der Waals surface area contributed by atoms with Crippen LogP contribution in [0.25, 0.3) is 0 Å². The van der Waals surface area contributed by atoms with Crippen molar-refractivity contribution >= 4 is 11.8 Å². The molecule has 0 spiro atoms. The van der Waals surface area contributed by atoms with Crippen LogP contribution < -0.4 is 5.32 Å². The zero-order valence-electron chi connectivity index (χ0n) is 15.0. The molecule has 4 heteroatoms. The summed E-state index contributed by atoms with van der Waals surface area (Å²) in [5, 5.41) is 2.91. The summed E-state index contributed by atoms with van der Waals surface area (Å²) >= 11 is 0. The number of hydrogen-bond donors (Lipinski definition) is 1. The Morgan fingerprint density at radius 2 is 1.68 bits per heavy atom. The van der Waals surface area contributed by atoms with Crippen molar-refractivity contribution in [3.63, 3.8) is 0 Å². The number of rotatable bonds is 8. The van der Waals surface area contributed by atoms with E-state index in [1.165, 1.54) is 12.5 Å². The molecule has 0 aliphatic carbocycles. The topological polar surface area (TPSA) is 49.4 Å². The SMILES string of the molecule is CC(=O)N(CC(=O)NCCCc1ccccc1)Cc1ccccc1C. The van der Waals surface area contributed by atoms with Gasteiger partial charge in [0.15, 0.2) is 0 Å². The van der Waals surface area contributed by atoms with Gasteiger partial charge in [-0.05, 0) is 36.5 Å². The molecule has 0 unspecified atom stereocenters. The minimum Gasteiger partial charge on any atom is -0.355 e. The van der Waals surface area contributed by atoms with E-state index in [4.69, 9.17) is 0 Å². The Morgan fingerprint density at radius 1 is 1.00 bits per heavy atom. The van der Waals surface area contributed by atoms with E-state index in [-0.39, 0.29) is 18.4 Å². The smallest absolute Gasteiger partial charge is 0.239 e. The molecule has 0 fully saturated rings. The Hall–Kier alpha value is -2.62. The van der Waals surface area contributed by atoms with Crippen molar-refractivity contribution in [2.24, 2.45) is 0 Å². The van der Waals surface area contributed by atoms with E-state index in [1.807, 2.05) is 49.4 Å². The molecule has 0 heterocycles. The van der Waals surface area contributed by atoms with Gasteiger partial charge in [0.2, 0.25) is 11.8 Å². The van der Waals surface area contributed by atoms with Gasteiger partial charge < -0.3 is 10.2 Å². The molecular weight excluding hydrogens is 312 g/mol. The fourth-order valence-electron chi connectivity index (χ4n) is 2.67. The number of nitrogens with zero attached hydrogens (tertiary/aromatic N) is 1. The van der Waals surface area contributed by atoms with Crippen LogP contribution in [-0.2, 0) is 22.6 Å². The van der Waals surface area contributed by atoms with Crippen LogP contribution in [0, 0.1) is 6.92 Å². The molecule has 0 saturated heterocycles. The highest BCUT2D eigenvalue weighted by Gasteiger charge is 2.14. The maximum Gasteiger partial charge on any atom is 0.239 e. The highest BCUT2D eigenvalue weighted by atomic mass is 16.2. The summed E-state index contributed by atoms with van der Waals surface area (Å²) in [6.45, 7) is 4.68. The van der Waals surface area contributed by atoms with Gasteiger partial charge in [0, 0.05) is 20.0 Å². The first kappa shape index (κ1) is 18.7. The summed E-state index contributed by atoms with van der Waals surface area (Å²) in [6, 6.07) is 18.1. The minimum absolute atomic E-state index is 0.0923. The molecule has 4 nitrogen and oxygen atoms in total. The van der Waals surface area contributed by atoms with Gasteiger partial charge in [0.05, 0.1) is 6.54 Å². The molecule has 0 aliphatic heterocycles. The van der Waals surface area contributed by atoms with Gasteiger partial charge in [-0.1, -0.05) is 54.6 Å². The Labute approximate surface area is 149 Å². The summed E-state index contributed by atoms with van der Waals surface area (Å²) in [4.78, 5) is 25.6. The number of amides is 2. The largest absolute Gasteiger partial charge is 0.355 e. The second-order valence-corrected chi connectivity index (χ2v) is 6.24. The van der Waals surface area contributed by atoms with Gasteiger partial charge in [-0.2, -0.15) is 0 Å². The summed E-state index contributed by atoms with van der Waals surface area (Å²) in [6.07, 6.45) is 1.81. The fourth-order valence-corrected chi connectivity index (χ4v) is 2.67. The van der Waals surface area contributed by atoms with Crippen LogP contribution in [-0.4, -0.2) is 29.8 Å². The third kappa shape index (κ3) is 6.42. The molecule has 1 N–H and O–H groups in total. The number of aryl methyl sites for hydroxylation is 2. The Morgan fingerprint density at radius 3 is 2.36 bits per heavy atom. The number of carbonyl (C=O) groups is 2. The van der Waals surface area contributed by atoms with Crippen molar-refractivity contribution in [2.75, 3.05) is 13.1 Å². The maximum atomic E-state index is 12.1. The molecule has 0 aromatic heterocycles. The normalized spacial score (nSPS) is 10.3. The van der Waals surface area contributed by atoms with E-state index in [9.17, 15) is 9.59 Å². The third-order valence-corrected chi connectivity index (χ3v) is 4.21. The minimum atomic E-state index is -0.114. The fraction of sp³-hybridized carbons (Fsp3) is 0.333. The van der Waals surface area contributed by atoms with Crippen LogP contribution in [0.2, 0.25) is 0 Å². The molecule has 2 rings (SSSR count). The molecule has 0 atom stereocenters. The van der Waals surface area contributed by atoms with Gasteiger partial charge in [-0.25, -0.2) is 0 Å². The van der Waals surface area contributed by atoms with Gasteiger partial charge in [0.1, 0.15) is 0 Å². The second kappa shape index (κ2) is 9.62. The summed E-state index contributed by atoms with van der Waals surface area (Å²) in [5.41, 5.74) is 3.45. The Bertz CT molecular complexity index is 698. The molecule has 2 aromatic rings. The Kier molecular flexibility index (Phi) is 7.20. The molecule has 0 aliphatic rings. The van der Waals surface area contributed by atoms with Gasteiger partial charge >= 0.3 is 0 Å². The van der Waals surface area contributed by atoms with Crippen LogP contribution in [0.3, 0.4) is 0 Å². The summed E-state index contributed by atoms with van der Waals surface area (Å²) in [5.74, 6) is -0.209. The lowest BCUT2D eigenvalue weighted by Gasteiger charge is -2.21. The van der Waals surface area contributed by atoms with E-state index < -0.39 is 0 Å². The maximum absolute atomic E-state index is 12.1. The summed E-state index contributed by atoms with van der Waals surface area (Å²) < 4.78 is 0. The zero-order valence-corrected chi connectivity index (χ0v) is 15.0. The van der Waals surface area contributed by atoms with E-state index in [2.05, 4.69) is 17.4 Å². The molecule has 132 valence electrons. The first-order valence-electron chi connectivity index (χ1n) is 8.67. The first-order valence-corrected chi connectivity index (χ1v) is 8.67. The van der Waals surface area contributed by atoms with Gasteiger partial charge in [-0.3, -0.25) is 9.59 Å². The van der Waals surface area contributed by atoms with E-state index in [0.717, 1.165) is 24.0 Å². The van der Waals surface area contributed by atoms with Crippen molar-refractivity contribution < 1.29 is 9.59 Å². The molecule has 2 amide bonds. The zero-order chi connectivity index (χ0) is 18.1. The van der Waals surface area contributed by atoms with Crippen LogP contribution in [0.5, 0.6) is 0 Å². The van der Waals surface area contributed by atoms with E-state index >= 15 is 0 Å². The predicted octanol–water partition coefficient (Wildman–Crippen LogP) is 3.09. The first-order chi connectivity index (χ1) is 12.1. The number of benzene rings is 2. The number of hydrogen-bond acceptors (Lipinski definition) is 2. The lowest BCUT2D eigenvalue weighted by molar-refractivity contribution is -0.134. The van der Waals surface area contributed by atoms with Crippen LogP contribution in [0.4, 0.5) is 0 Å². The molecule has 0 radical (unpaired) electrons. The molecule has 25 heavy (non-hydrogen) atoms. The lowest BCUT2D eigenvalue weighted by atomic mass is 10.1. The third-order valence-electron chi connectivity index (χ3n) is 4.21. The number of nitrogens with one attached hydrogen (secondary N) is 1. The Balaban J connectivity index is 1.78. The average Bonchev–Trinajstić information content (AvgIpc) is 2.61. The highest BCUT2D eigenvalue weighted by molar-refractivity contribution is 5.83. The molecule has 2 aromatic carbocycles. The molecular formula is C21H26N2O2. The van der Waals surface area contributed by atoms with Crippen LogP contribution in [0.1, 0.15) is 30.0 Å². The lowest BCUT2D eigenvalue weighted by Crippen LogP contribution is -2.39. The molecule has 0 bridgehead atoms. The standard InChI is InChI=1S/C21H26N2O2/c1-17-9-6-7-13-20(17)15-23(18(2)24)16-21(25)22-14-8-12-19-10-4-3-5-11-19/h3-7,9-11,13H,8,12,14-16H2,1-2H3,(H,22,25). The predicted molar refractivity (Wildman–Crippen MR) is 100 cm³/mol. The van der Waals surface area contributed by atoms with Crippen molar-refractivity contribution in [3.05, 3.63) is 71.3 Å². The highest BCUT2D eigenvalue weighted by Crippen LogP contribution is 2.10. The van der Waals surface area contributed by atoms with Crippen molar-refractivity contribution in [1.82, 2.24) is 10.2 Å². The van der Waals surface area contributed by atoms with Crippen molar-refractivity contribution in [1.29, 1.82) is 0 Å². The monoisotopic (exact) mass is 338 g/mol. The van der Waals surface area contributed by atoms with Gasteiger partial charge in [-0.15, -0.1) is 0 Å². The molecule has 0 saturated carbocycles. The number of carbonyl (C=O) groups excluding carboxylic acids is 2. The van der Waals surface area contributed by atoms with E-state index in [1.54, 1.807) is 4.90 Å². The van der Waals surface area contributed by atoms with Crippen molar-refractivity contribution in [3.8, 4) is 0 Å². The van der Waals surface area contributed by atoms with Crippen LogP contribution >= 0.6 is 0 Å². The average molecular weight is 338 g/mol. The van der Waals surface area contributed by atoms with Crippen molar-refractivity contribution in [2.45, 2.75) is 33.2 Å². The van der Waals surface area contributed by atoms with Gasteiger partial charge in [0.25, 0.3) is 0 Å². The second-order valence-electron chi connectivity index (χ2n) is 6.24. The van der Waals surface area contributed by atoms with E-state index in [0.29, 0.717) is 13.1 Å². The van der Waals surface area contributed by atoms with Crippen LogP contribution in [0.15, 0.2) is 54.6 Å². The summed E-state index contributed by atoms with van der Waals surface area (Å²) in [7, 11) is 0.